The molecule has 3 N–H and O–H groups in total. The molecule has 1 amide bonds. The summed E-state index contributed by atoms with van der Waals surface area (Å²) in [5, 5.41) is 3.70. The van der Waals surface area contributed by atoms with Gasteiger partial charge in [-0.25, -0.2) is 0 Å². The molecular formula is C18H27N3OS. The highest BCUT2D eigenvalue weighted by Crippen LogP contribution is 2.23. The standard InChI is InChI=1S/C18H27N3OS/c19-18(22)17-7-2-9-21(17)13-14-4-1-5-16(12-14)20-15-6-3-10-23-11-8-15/h1,4-5,12,15,17,20H,2-3,6-11,13H2,(H2,19,22)/t15-,17+/m0/s1. The van der Waals surface area contributed by atoms with Crippen LogP contribution in [0.4, 0.5) is 5.69 Å². The Hall–Kier alpha value is -1.20. The van der Waals surface area contributed by atoms with Crippen molar-refractivity contribution in [1.29, 1.82) is 0 Å². The third kappa shape index (κ3) is 4.64. The summed E-state index contributed by atoms with van der Waals surface area (Å²) >= 11 is 2.07. The van der Waals surface area contributed by atoms with Crippen LogP contribution in [-0.4, -0.2) is 40.9 Å². The smallest absolute Gasteiger partial charge is 0.234 e. The molecule has 2 saturated heterocycles. The molecule has 2 aliphatic rings. The summed E-state index contributed by atoms with van der Waals surface area (Å²) in [4.78, 5) is 13.7. The summed E-state index contributed by atoms with van der Waals surface area (Å²) in [5.41, 5.74) is 7.97. The van der Waals surface area contributed by atoms with Gasteiger partial charge >= 0.3 is 0 Å². The Labute approximate surface area is 143 Å². The Balaban J connectivity index is 1.61. The van der Waals surface area contributed by atoms with Crippen molar-refractivity contribution < 1.29 is 4.79 Å². The zero-order valence-corrected chi connectivity index (χ0v) is 14.5. The van der Waals surface area contributed by atoms with Gasteiger partial charge in [0, 0.05) is 18.3 Å². The molecule has 2 heterocycles. The number of nitrogens with one attached hydrogen (secondary N) is 1. The van der Waals surface area contributed by atoms with E-state index < -0.39 is 0 Å². The predicted molar refractivity (Wildman–Crippen MR) is 97.7 cm³/mol. The number of thioether (sulfide) groups is 1. The molecule has 1 aromatic carbocycles. The van der Waals surface area contributed by atoms with Gasteiger partial charge in [-0.1, -0.05) is 12.1 Å². The van der Waals surface area contributed by atoms with Crippen LogP contribution in [0.2, 0.25) is 0 Å². The number of nitrogens with zero attached hydrogens (tertiary/aromatic N) is 1. The number of carbonyl (C=O) groups excluding carboxylic acids is 1. The van der Waals surface area contributed by atoms with Gasteiger partial charge in [0.2, 0.25) is 5.91 Å². The van der Waals surface area contributed by atoms with Crippen molar-refractivity contribution in [2.24, 2.45) is 5.73 Å². The van der Waals surface area contributed by atoms with E-state index in [2.05, 4.69) is 46.2 Å². The molecule has 126 valence electrons. The van der Waals surface area contributed by atoms with Crippen molar-refractivity contribution in [3.63, 3.8) is 0 Å². The van der Waals surface area contributed by atoms with Crippen LogP contribution < -0.4 is 11.1 Å². The van der Waals surface area contributed by atoms with Crippen molar-refractivity contribution in [2.45, 2.75) is 50.7 Å². The quantitative estimate of drug-likeness (QED) is 0.870. The summed E-state index contributed by atoms with van der Waals surface area (Å²) in [6.45, 7) is 1.77. The number of primary amides is 1. The van der Waals surface area contributed by atoms with Crippen LogP contribution in [0.25, 0.3) is 0 Å². The molecule has 0 radical (unpaired) electrons. The molecule has 2 aliphatic heterocycles. The zero-order valence-electron chi connectivity index (χ0n) is 13.7. The van der Waals surface area contributed by atoms with Crippen LogP contribution in [0.15, 0.2) is 24.3 Å². The lowest BCUT2D eigenvalue weighted by Gasteiger charge is -2.23. The number of hydrogen-bond donors (Lipinski definition) is 2. The third-order valence-electron chi connectivity index (χ3n) is 4.83. The van der Waals surface area contributed by atoms with Crippen molar-refractivity contribution in [1.82, 2.24) is 4.90 Å². The molecule has 2 atom stereocenters. The number of carbonyl (C=O) groups is 1. The van der Waals surface area contributed by atoms with E-state index in [9.17, 15) is 4.79 Å². The Kier molecular flexibility index (Phi) is 5.84. The first kappa shape index (κ1) is 16.7. The summed E-state index contributed by atoms with van der Waals surface area (Å²) in [6.07, 6.45) is 5.76. The number of anilines is 1. The van der Waals surface area contributed by atoms with Gasteiger partial charge in [-0.2, -0.15) is 11.8 Å². The zero-order chi connectivity index (χ0) is 16.1. The molecule has 0 unspecified atom stereocenters. The van der Waals surface area contributed by atoms with Crippen LogP contribution in [-0.2, 0) is 11.3 Å². The number of nitrogens with two attached hydrogens (primary N) is 1. The van der Waals surface area contributed by atoms with Crippen molar-refractivity contribution >= 4 is 23.4 Å². The highest BCUT2D eigenvalue weighted by molar-refractivity contribution is 7.99. The van der Waals surface area contributed by atoms with Crippen LogP contribution in [0.3, 0.4) is 0 Å². The van der Waals surface area contributed by atoms with E-state index in [1.807, 2.05) is 0 Å². The fourth-order valence-electron chi connectivity index (χ4n) is 3.62. The minimum atomic E-state index is -0.187. The van der Waals surface area contributed by atoms with Crippen molar-refractivity contribution in [3.05, 3.63) is 29.8 Å². The van der Waals surface area contributed by atoms with Gasteiger partial charge in [0.05, 0.1) is 6.04 Å². The summed E-state index contributed by atoms with van der Waals surface area (Å²) in [5.74, 6) is 2.36. The fraction of sp³-hybridized carbons (Fsp3) is 0.611. The number of likely N-dealkylation sites (tertiary alicyclic amines) is 1. The predicted octanol–water partition coefficient (Wildman–Crippen LogP) is 2.83. The Bertz CT molecular complexity index is 529. The summed E-state index contributed by atoms with van der Waals surface area (Å²) in [6, 6.07) is 9.13. The molecular weight excluding hydrogens is 306 g/mol. The number of rotatable bonds is 5. The fourth-order valence-corrected chi connectivity index (χ4v) is 4.64. The monoisotopic (exact) mass is 333 g/mol. The highest BCUT2D eigenvalue weighted by atomic mass is 32.2. The average Bonchev–Trinajstić information content (AvgIpc) is 2.84. The second-order valence-corrected chi connectivity index (χ2v) is 7.84. The van der Waals surface area contributed by atoms with Gasteiger partial charge in [0.15, 0.2) is 0 Å². The topological polar surface area (TPSA) is 58.4 Å². The van der Waals surface area contributed by atoms with E-state index in [1.54, 1.807) is 0 Å². The molecule has 0 spiro atoms. The van der Waals surface area contributed by atoms with Crippen LogP contribution in [0, 0.1) is 0 Å². The Morgan fingerprint density at radius 3 is 3.04 bits per heavy atom. The van der Waals surface area contributed by atoms with Gasteiger partial charge in [-0.3, -0.25) is 9.69 Å². The molecule has 1 aromatic rings. The molecule has 4 nitrogen and oxygen atoms in total. The minimum absolute atomic E-state index is 0.0921. The molecule has 0 bridgehead atoms. The minimum Gasteiger partial charge on any atom is -0.382 e. The lowest BCUT2D eigenvalue weighted by atomic mass is 10.1. The maximum Gasteiger partial charge on any atom is 0.234 e. The first-order chi connectivity index (χ1) is 11.2. The first-order valence-electron chi connectivity index (χ1n) is 8.69. The second kappa shape index (κ2) is 8.06. The maximum atomic E-state index is 11.5. The number of hydrogen-bond acceptors (Lipinski definition) is 4. The van der Waals surface area contributed by atoms with Gasteiger partial charge in [-0.05, 0) is 67.9 Å². The van der Waals surface area contributed by atoms with E-state index in [0.717, 1.165) is 25.9 Å². The second-order valence-electron chi connectivity index (χ2n) is 6.62. The van der Waals surface area contributed by atoms with Gasteiger partial charge < -0.3 is 11.1 Å². The third-order valence-corrected chi connectivity index (χ3v) is 5.93. The lowest BCUT2D eigenvalue weighted by molar-refractivity contribution is -0.122. The van der Waals surface area contributed by atoms with E-state index in [-0.39, 0.29) is 11.9 Å². The highest BCUT2D eigenvalue weighted by Gasteiger charge is 2.28. The SMILES string of the molecule is NC(=O)[C@H]1CCCN1Cc1cccc(N[C@H]2CCCSCC2)c1. The molecule has 3 rings (SSSR count). The Morgan fingerprint density at radius 1 is 1.26 bits per heavy atom. The van der Waals surface area contributed by atoms with Crippen molar-refractivity contribution in [3.8, 4) is 0 Å². The normalized spacial score (nSPS) is 25.9. The van der Waals surface area contributed by atoms with Crippen LogP contribution in [0.1, 0.15) is 37.7 Å². The van der Waals surface area contributed by atoms with Crippen LogP contribution >= 0.6 is 11.8 Å². The van der Waals surface area contributed by atoms with Crippen LogP contribution in [0.5, 0.6) is 0 Å². The maximum absolute atomic E-state index is 11.5. The van der Waals surface area contributed by atoms with E-state index >= 15 is 0 Å². The van der Waals surface area contributed by atoms with Gasteiger partial charge in [0.1, 0.15) is 0 Å². The van der Waals surface area contributed by atoms with Gasteiger partial charge in [0.25, 0.3) is 0 Å². The molecule has 23 heavy (non-hydrogen) atoms. The average molecular weight is 334 g/mol. The van der Waals surface area contributed by atoms with E-state index in [1.165, 1.54) is 42.0 Å². The van der Waals surface area contributed by atoms with Gasteiger partial charge in [-0.15, -0.1) is 0 Å². The summed E-state index contributed by atoms with van der Waals surface area (Å²) in [7, 11) is 0. The van der Waals surface area contributed by atoms with E-state index in [0.29, 0.717) is 6.04 Å². The van der Waals surface area contributed by atoms with Crippen molar-refractivity contribution in [2.75, 3.05) is 23.4 Å². The molecule has 0 aromatic heterocycles. The molecule has 5 heteroatoms. The number of amides is 1. The number of benzene rings is 1. The molecule has 0 aliphatic carbocycles. The Morgan fingerprint density at radius 2 is 2.17 bits per heavy atom. The molecule has 2 fully saturated rings. The first-order valence-corrected chi connectivity index (χ1v) is 9.84. The lowest BCUT2D eigenvalue weighted by Crippen LogP contribution is -2.39. The molecule has 0 saturated carbocycles. The van der Waals surface area contributed by atoms with E-state index in [4.69, 9.17) is 5.73 Å². The summed E-state index contributed by atoms with van der Waals surface area (Å²) < 4.78 is 0. The largest absolute Gasteiger partial charge is 0.382 e.